The van der Waals surface area contributed by atoms with Crippen LogP contribution in [0.4, 0.5) is 11.4 Å². The van der Waals surface area contributed by atoms with Gasteiger partial charge in [0.05, 0.1) is 26.5 Å². The lowest BCUT2D eigenvalue weighted by Crippen LogP contribution is -2.17. The van der Waals surface area contributed by atoms with Crippen molar-refractivity contribution in [2.45, 2.75) is 12.8 Å². The molecule has 2 N–H and O–H groups in total. The lowest BCUT2D eigenvalue weighted by Gasteiger charge is -2.17. The number of thiocarbonyl (C=S) groups is 1. The monoisotopic (exact) mass is 584 g/mol. The third-order valence-corrected chi connectivity index (χ3v) is 8.13. The van der Waals surface area contributed by atoms with E-state index in [4.69, 9.17) is 47.0 Å². The molecule has 0 spiro atoms. The molecule has 0 aliphatic carbocycles. The van der Waals surface area contributed by atoms with E-state index in [0.29, 0.717) is 15.0 Å². The summed E-state index contributed by atoms with van der Waals surface area (Å²) in [6.07, 6.45) is 1.57. The molecule has 0 saturated heterocycles. The summed E-state index contributed by atoms with van der Waals surface area (Å²) in [5.41, 5.74) is 6.18. The molecular weight excluding hydrogens is 563 g/mol. The molecule has 0 unspecified atom stereocenters. The highest BCUT2D eigenvalue weighted by Gasteiger charge is 2.14. The lowest BCUT2D eigenvalue weighted by molar-refractivity contribution is -0.113. The second-order valence-electron chi connectivity index (χ2n) is 8.24. The van der Waals surface area contributed by atoms with E-state index in [1.807, 2.05) is 36.4 Å². The highest BCUT2D eigenvalue weighted by molar-refractivity contribution is 8.23. The number of benzene rings is 4. The molecule has 37 heavy (non-hydrogen) atoms. The molecule has 8 heteroatoms. The van der Waals surface area contributed by atoms with Crippen LogP contribution in [0, 0.1) is 0 Å². The third kappa shape index (κ3) is 7.73. The van der Waals surface area contributed by atoms with Gasteiger partial charge in [-0.15, -0.1) is 0 Å². The molecule has 0 bridgehead atoms. The molecule has 4 aromatic carbocycles. The van der Waals surface area contributed by atoms with Crippen molar-refractivity contribution < 1.29 is 4.79 Å². The van der Waals surface area contributed by atoms with Gasteiger partial charge in [0.2, 0.25) is 5.91 Å². The van der Waals surface area contributed by atoms with E-state index in [0.717, 1.165) is 18.5 Å². The van der Waals surface area contributed by atoms with Gasteiger partial charge in [-0.3, -0.25) is 4.79 Å². The van der Waals surface area contributed by atoms with Gasteiger partial charge in [0.1, 0.15) is 4.32 Å². The zero-order valence-corrected chi connectivity index (χ0v) is 23.5. The Bertz CT molecular complexity index is 1400. The summed E-state index contributed by atoms with van der Waals surface area (Å²) in [5.74, 6) is -0.142. The number of carbonyl (C=O) groups excluding carboxylic acids is 1. The van der Waals surface area contributed by atoms with E-state index in [1.165, 1.54) is 34.0 Å². The Labute approximate surface area is 241 Å². The largest absolute Gasteiger partial charge is 0.341 e. The van der Waals surface area contributed by atoms with E-state index < -0.39 is 0 Å². The molecule has 188 valence electrons. The normalized spacial score (nSPS) is 10.7. The number of amides is 1. The van der Waals surface area contributed by atoms with Crippen molar-refractivity contribution in [3.8, 4) is 0 Å². The lowest BCUT2D eigenvalue weighted by atomic mass is 9.94. The van der Waals surface area contributed by atoms with Crippen molar-refractivity contribution >= 4 is 80.4 Å². The van der Waals surface area contributed by atoms with Crippen LogP contribution in [0.2, 0.25) is 15.1 Å². The maximum atomic E-state index is 12.5. The van der Waals surface area contributed by atoms with Crippen LogP contribution < -0.4 is 10.6 Å². The minimum atomic E-state index is -0.253. The van der Waals surface area contributed by atoms with Crippen LogP contribution in [0.3, 0.4) is 0 Å². The average Bonchev–Trinajstić information content (AvgIpc) is 2.91. The van der Waals surface area contributed by atoms with Crippen molar-refractivity contribution in [3.63, 3.8) is 0 Å². The van der Waals surface area contributed by atoms with Crippen LogP contribution in [0.15, 0.2) is 91.0 Å². The zero-order valence-electron chi connectivity index (χ0n) is 19.6. The van der Waals surface area contributed by atoms with Crippen molar-refractivity contribution in [3.05, 3.63) is 128 Å². The van der Waals surface area contributed by atoms with Gasteiger partial charge in [-0.2, -0.15) is 0 Å². The first-order valence-corrected chi connectivity index (χ1v) is 14.0. The Hall–Kier alpha value is -2.54. The minimum absolute atomic E-state index is 0.111. The van der Waals surface area contributed by atoms with Crippen LogP contribution in [0.5, 0.6) is 0 Å². The number of halogens is 3. The van der Waals surface area contributed by atoms with E-state index in [9.17, 15) is 4.79 Å². The first-order valence-electron chi connectivity index (χ1n) is 11.5. The predicted molar refractivity (Wildman–Crippen MR) is 164 cm³/mol. The summed E-state index contributed by atoms with van der Waals surface area (Å²) in [6.45, 7) is 0. The molecule has 0 radical (unpaired) electrons. The number of rotatable bonds is 8. The van der Waals surface area contributed by atoms with Crippen LogP contribution in [0.25, 0.3) is 0 Å². The minimum Gasteiger partial charge on any atom is -0.341 e. The van der Waals surface area contributed by atoms with Gasteiger partial charge in [-0.1, -0.05) is 132 Å². The highest BCUT2D eigenvalue weighted by Crippen LogP contribution is 2.35. The summed E-state index contributed by atoms with van der Waals surface area (Å²) in [4.78, 5) is 12.5. The number of nitrogens with one attached hydrogen (secondary N) is 2. The summed E-state index contributed by atoms with van der Waals surface area (Å²) in [6, 6.07) is 30.1. The van der Waals surface area contributed by atoms with E-state index in [-0.39, 0.29) is 21.7 Å². The quantitative estimate of drug-likeness (QED) is 0.160. The molecule has 4 rings (SSSR count). The van der Waals surface area contributed by atoms with Gasteiger partial charge < -0.3 is 10.6 Å². The molecular formula is C29H23Cl3N2OS2. The molecule has 0 fully saturated rings. The zero-order chi connectivity index (χ0) is 26.2. The molecule has 3 nitrogen and oxygen atoms in total. The fraction of sp³-hybridized carbons (Fsp3) is 0.103. The first kappa shape index (κ1) is 27.5. The van der Waals surface area contributed by atoms with Crippen molar-refractivity contribution in [1.82, 2.24) is 0 Å². The van der Waals surface area contributed by atoms with Gasteiger partial charge in [-0.25, -0.2) is 0 Å². The number of carbonyl (C=O) groups is 1. The number of hydrogen-bond donors (Lipinski definition) is 2. The molecule has 0 saturated carbocycles. The van der Waals surface area contributed by atoms with Crippen LogP contribution in [-0.4, -0.2) is 16.0 Å². The fourth-order valence-electron chi connectivity index (χ4n) is 3.83. The summed E-state index contributed by atoms with van der Waals surface area (Å²) in [7, 11) is 0. The fourth-order valence-corrected chi connectivity index (χ4v) is 5.21. The Morgan fingerprint density at radius 1 is 0.703 bits per heavy atom. The van der Waals surface area contributed by atoms with Crippen molar-refractivity contribution in [1.29, 1.82) is 0 Å². The van der Waals surface area contributed by atoms with Crippen LogP contribution in [-0.2, 0) is 17.6 Å². The van der Waals surface area contributed by atoms with E-state index in [2.05, 4.69) is 53.1 Å². The van der Waals surface area contributed by atoms with Crippen molar-refractivity contribution in [2.24, 2.45) is 0 Å². The standard InChI is InChI=1S/C29H23Cl3N2OS2/c30-23-14-15-25(28(32)27(23)31)33-26(35)18-37-29(36)34-24-13-7-12-21(16-19-8-3-1-4-9-19)22(24)17-20-10-5-2-6-11-20/h1-15H,16-18H2,(H,33,35)(H,34,36). The van der Waals surface area contributed by atoms with Gasteiger partial charge in [-0.05, 0) is 53.3 Å². The second kappa shape index (κ2) is 13.3. The SMILES string of the molecule is O=C(CSC(=S)Nc1cccc(Cc2ccccc2)c1Cc1ccccc1)Nc1ccc(Cl)c(Cl)c1Cl. The molecule has 0 aliphatic heterocycles. The smallest absolute Gasteiger partial charge is 0.234 e. The van der Waals surface area contributed by atoms with Gasteiger partial charge in [0, 0.05) is 5.69 Å². The third-order valence-electron chi connectivity index (χ3n) is 5.61. The second-order valence-corrected chi connectivity index (χ2v) is 11.1. The number of anilines is 2. The molecule has 0 heterocycles. The molecule has 0 aromatic heterocycles. The van der Waals surface area contributed by atoms with Crippen molar-refractivity contribution in [2.75, 3.05) is 16.4 Å². The Morgan fingerprint density at radius 3 is 2.03 bits per heavy atom. The van der Waals surface area contributed by atoms with E-state index in [1.54, 1.807) is 12.1 Å². The predicted octanol–water partition coefficient (Wildman–Crippen LogP) is 8.90. The topological polar surface area (TPSA) is 41.1 Å². The maximum Gasteiger partial charge on any atom is 0.234 e. The van der Waals surface area contributed by atoms with Crippen LogP contribution in [0.1, 0.15) is 22.3 Å². The number of thioether (sulfide) groups is 1. The Balaban J connectivity index is 1.46. The number of hydrogen-bond acceptors (Lipinski definition) is 3. The van der Waals surface area contributed by atoms with E-state index >= 15 is 0 Å². The average molecular weight is 586 g/mol. The molecule has 0 atom stereocenters. The summed E-state index contributed by atoms with van der Waals surface area (Å²) < 4.78 is 0.501. The first-order chi connectivity index (χ1) is 17.9. The highest BCUT2D eigenvalue weighted by atomic mass is 35.5. The Morgan fingerprint density at radius 2 is 1.35 bits per heavy atom. The van der Waals surface area contributed by atoms with Gasteiger partial charge in [0.25, 0.3) is 0 Å². The molecule has 4 aromatic rings. The maximum absolute atomic E-state index is 12.5. The Kier molecular flexibility index (Phi) is 9.89. The summed E-state index contributed by atoms with van der Waals surface area (Å²) in [5, 5.41) is 6.84. The molecule has 0 aliphatic rings. The molecule has 1 amide bonds. The van der Waals surface area contributed by atoms with Crippen LogP contribution >= 0.6 is 58.8 Å². The van der Waals surface area contributed by atoms with Gasteiger partial charge in [0.15, 0.2) is 0 Å². The summed E-state index contributed by atoms with van der Waals surface area (Å²) >= 11 is 25.1. The van der Waals surface area contributed by atoms with Gasteiger partial charge >= 0.3 is 0 Å².